The lowest BCUT2D eigenvalue weighted by molar-refractivity contribution is -0.133. The summed E-state index contributed by atoms with van der Waals surface area (Å²) in [6, 6.07) is 0. The molecule has 0 aromatic heterocycles. The van der Waals surface area contributed by atoms with Crippen LogP contribution in [0.15, 0.2) is 0 Å². The highest BCUT2D eigenvalue weighted by atomic mass is 16.2. The molecular formula is C14H28N4O2. The van der Waals surface area contributed by atoms with E-state index in [4.69, 9.17) is 0 Å². The molecule has 1 aliphatic rings. The molecule has 6 heteroatoms. The average Bonchev–Trinajstić information content (AvgIpc) is 2.37. The van der Waals surface area contributed by atoms with Crippen molar-refractivity contribution in [2.75, 3.05) is 46.3 Å². The zero-order valence-electron chi connectivity index (χ0n) is 13.2. The smallest absolute Gasteiger partial charge is 0.233 e. The lowest BCUT2D eigenvalue weighted by Crippen LogP contribution is -2.51. The summed E-state index contributed by atoms with van der Waals surface area (Å²) in [6.07, 6.45) is 0.534. The van der Waals surface area contributed by atoms with Crippen LogP contribution in [0, 0.1) is 0 Å². The molecule has 20 heavy (non-hydrogen) atoms. The Morgan fingerprint density at radius 3 is 2.20 bits per heavy atom. The Kier molecular flexibility index (Phi) is 6.42. The van der Waals surface area contributed by atoms with Gasteiger partial charge in [-0.15, -0.1) is 0 Å². The van der Waals surface area contributed by atoms with E-state index in [2.05, 4.69) is 36.3 Å². The van der Waals surface area contributed by atoms with Crippen molar-refractivity contribution in [3.05, 3.63) is 0 Å². The highest BCUT2D eigenvalue weighted by Gasteiger charge is 2.22. The standard InChI is InChI=1S/C14H28N4O2/c1-14(2,3)16-6-5-13(20)18-9-7-17(8-10-18)11-12(19)15-4/h16H,5-11H2,1-4H3,(H,15,19). The molecule has 2 N–H and O–H groups in total. The van der Waals surface area contributed by atoms with Crippen molar-refractivity contribution in [2.45, 2.75) is 32.7 Å². The molecule has 0 spiro atoms. The molecule has 0 atom stereocenters. The van der Waals surface area contributed by atoms with Gasteiger partial charge in [-0.3, -0.25) is 14.5 Å². The molecule has 0 radical (unpaired) electrons. The first-order valence-electron chi connectivity index (χ1n) is 7.27. The van der Waals surface area contributed by atoms with E-state index in [1.165, 1.54) is 0 Å². The maximum atomic E-state index is 12.1. The van der Waals surface area contributed by atoms with Gasteiger partial charge in [-0.05, 0) is 20.8 Å². The molecule has 0 aromatic carbocycles. The fraction of sp³-hybridized carbons (Fsp3) is 0.857. The zero-order valence-corrected chi connectivity index (χ0v) is 13.2. The third kappa shape index (κ3) is 6.34. The lowest BCUT2D eigenvalue weighted by atomic mass is 10.1. The van der Waals surface area contributed by atoms with E-state index in [1.807, 2.05) is 4.90 Å². The molecule has 1 aliphatic heterocycles. The van der Waals surface area contributed by atoms with E-state index in [-0.39, 0.29) is 17.4 Å². The van der Waals surface area contributed by atoms with E-state index >= 15 is 0 Å². The van der Waals surface area contributed by atoms with Gasteiger partial charge in [0.15, 0.2) is 0 Å². The second-order valence-corrected chi connectivity index (χ2v) is 6.26. The van der Waals surface area contributed by atoms with Crippen LogP contribution in [0.5, 0.6) is 0 Å². The van der Waals surface area contributed by atoms with Crippen LogP contribution in [0.4, 0.5) is 0 Å². The molecule has 1 heterocycles. The minimum Gasteiger partial charge on any atom is -0.358 e. The molecular weight excluding hydrogens is 256 g/mol. The summed E-state index contributed by atoms with van der Waals surface area (Å²) in [6.45, 7) is 10.4. The average molecular weight is 284 g/mol. The van der Waals surface area contributed by atoms with Crippen molar-refractivity contribution in [2.24, 2.45) is 0 Å². The molecule has 6 nitrogen and oxygen atoms in total. The fourth-order valence-corrected chi connectivity index (χ4v) is 2.14. The van der Waals surface area contributed by atoms with Gasteiger partial charge in [0, 0.05) is 51.7 Å². The molecule has 116 valence electrons. The van der Waals surface area contributed by atoms with E-state index in [0.29, 0.717) is 32.6 Å². The first-order valence-corrected chi connectivity index (χ1v) is 7.27. The number of carbonyl (C=O) groups is 2. The van der Waals surface area contributed by atoms with Gasteiger partial charge < -0.3 is 15.5 Å². The Bertz CT molecular complexity index is 331. The predicted octanol–water partition coefficient (Wildman–Crippen LogP) is -0.345. The van der Waals surface area contributed by atoms with E-state index in [1.54, 1.807) is 7.05 Å². The van der Waals surface area contributed by atoms with Gasteiger partial charge in [0.1, 0.15) is 0 Å². The van der Waals surface area contributed by atoms with Crippen molar-refractivity contribution in [1.29, 1.82) is 0 Å². The van der Waals surface area contributed by atoms with Crippen molar-refractivity contribution in [3.8, 4) is 0 Å². The Morgan fingerprint density at radius 1 is 1.10 bits per heavy atom. The van der Waals surface area contributed by atoms with Crippen LogP contribution in [0.1, 0.15) is 27.2 Å². The number of nitrogens with zero attached hydrogens (tertiary/aromatic N) is 2. The Hall–Kier alpha value is -1.14. The van der Waals surface area contributed by atoms with Gasteiger partial charge in [0.25, 0.3) is 0 Å². The largest absolute Gasteiger partial charge is 0.358 e. The quantitative estimate of drug-likeness (QED) is 0.725. The molecule has 1 saturated heterocycles. The second-order valence-electron chi connectivity index (χ2n) is 6.26. The SMILES string of the molecule is CNC(=O)CN1CCN(C(=O)CCNC(C)(C)C)CC1. The predicted molar refractivity (Wildman–Crippen MR) is 79.5 cm³/mol. The summed E-state index contributed by atoms with van der Waals surface area (Å²) >= 11 is 0. The first-order chi connectivity index (χ1) is 9.31. The summed E-state index contributed by atoms with van der Waals surface area (Å²) in [7, 11) is 1.64. The summed E-state index contributed by atoms with van der Waals surface area (Å²) in [5, 5.41) is 5.94. The van der Waals surface area contributed by atoms with Crippen LogP contribution in [-0.4, -0.2) is 73.5 Å². The van der Waals surface area contributed by atoms with Gasteiger partial charge in [0.05, 0.1) is 6.54 Å². The van der Waals surface area contributed by atoms with Crippen LogP contribution in [0.3, 0.4) is 0 Å². The van der Waals surface area contributed by atoms with Gasteiger partial charge >= 0.3 is 0 Å². The third-order valence-corrected chi connectivity index (χ3v) is 3.37. The maximum absolute atomic E-state index is 12.1. The number of likely N-dealkylation sites (N-methyl/N-ethyl adjacent to an activating group) is 1. The number of nitrogens with one attached hydrogen (secondary N) is 2. The van der Waals surface area contributed by atoms with Gasteiger partial charge in [-0.2, -0.15) is 0 Å². The lowest BCUT2D eigenvalue weighted by Gasteiger charge is -2.34. The molecule has 1 fully saturated rings. The van der Waals surface area contributed by atoms with Crippen LogP contribution >= 0.6 is 0 Å². The monoisotopic (exact) mass is 284 g/mol. The molecule has 2 amide bonds. The number of amides is 2. The first kappa shape index (κ1) is 16.9. The number of hydrogen-bond donors (Lipinski definition) is 2. The van der Waals surface area contributed by atoms with E-state index in [9.17, 15) is 9.59 Å². The molecule has 0 unspecified atom stereocenters. The number of carbonyl (C=O) groups excluding carboxylic acids is 2. The van der Waals surface area contributed by atoms with Crippen molar-refractivity contribution >= 4 is 11.8 Å². The van der Waals surface area contributed by atoms with Crippen LogP contribution in [0.25, 0.3) is 0 Å². The molecule has 1 rings (SSSR count). The van der Waals surface area contributed by atoms with E-state index < -0.39 is 0 Å². The molecule has 0 bridgehead atoms. The topological polar surface area (TPSA) is 64.7 Å². The summed E-state index contributed by atoms with van der Waals surface area (Å²) < 4.78 is 0. The van der Waals surface area contributed by atoms with Crippen molar-refractivity contribution < 1.29 is 9.59 Å². The van der Waals surface area contributed by atoms with Crippen LogP contribution < -0.4 is 10.6 Å². The minimum absolute atomic E-state index is 0.0270. The second kappa shape index (κ2) is 7.59. The molecule has 0 aliphatic carbocycles. The van der Waals surface area contributed by atoms with E-state index in [0.717, 1.165) is 13.1 Å². The van der Waals surface area contributed by atoms with Gasteiger partial charge in [0.2, 0.25) is 11.8 Å². The Balaban J connectivity index is 2.23. The summed E-state index contributed by atoms with van der Waals surface area (Å²) in [4.78, 5) is 27.3. The Labute approximate surface area is 121 Å². The fourth-order valence-electron chi connectivity index (χ4n) is 2.14. The highest BCUT2D eigenvalue weighted by Crippen LogP contribution is 2.04. The van der Waals surface area contributed by atoms with Crippen LogP contribution in [0.2, 0.25) is 0 Å². The number of hydrogen-bond acceptors (Lipinski definition) is 4. The van der Waals surface area contributed by atoms with Crippen molar-refractivity contribution in [1.82, 2.24) is 20.4 Å². The van der Waals surface area contributed by atoms with Crippen LogP contribution in [-0.2, 0) is 9.59 Å². The number of piperazine rings is 1. The Morgan fingerprint density at radius 2 is 1.70 bits per heavy atom. The summed E-state index contributed by atoms with van der Waals surface area (Å²) in [5.41, 5.74) is 0.0481. The maximum Gasteiger partial charge on any atom is 0.233 e. The zero-order chi connectivity index (χ0) is 15.2. The normalized spacial score (nSPS) is 17.1. The highest BCUT2D eigenvalue weighted by molar-refractivity contribution is 5.78. The number of rotatable bonds is 5. The summed E-state index contributed by atoms with van der Waals surface area (Å²) in [5.74, 6) is 0.223. The molecule has 0 saturated carbocycles. The van der Waals surface area contributed by atoms with Gasteiger partial charge in [-0.25, -0.2) is 0 Å². The minimum atomic E-state index is 0.0270. The van der Waals surface area contributed by atoms with Gasteiger partial charge in [-0.1, -0.05) is 0 Å². The third-order valence-electron chi connectivity index (χ3n) is 3.37. The molecule has 0 aromatic rings. The van der Waals surface area contributed by atoms with Crippen molar-refractivity contribution in [3.63, 3.8) is 0 Å².